The zero-order valence-electron chi connectivity index (χ0n) is 20.4. The molecular weight excluding hydrogens is 484 g/mol. The number of hydrogen-bond acceptors (Lipinski definition) is 8. The van der Waals surface area contributed by atoms with Gasteiger partial charge in [-0.25, -0.2) is 9.59 Å². The van der Waals surface area contributed by atoms with Crippen molar-refractivity contribution in [2.24, 2.45) is 5.92 Å². The summed E-state index contributed by atoms with van der Waals surface area (Å²) in [5.74, 6) is -3.56. The lowest BCUT2D eigenvalue weighted by Crippen LogP contribution is -2.49. The normalized spacial score (nSPS) is 15.4. The smallest absolute Gasteiger partial charge is 0.341 e. The van der Waals surface area contributed by atoms with Crippen molar-refractivity contribution in [3.8, 4) is 0 Å². The van der Waals surface area contributed by atoms with Crippen LogP contribution in [0.2, 0.25) is 0 Å². The van der Waals surface area contributed by atoms with Gasteiger partial charge >= 0.3 is 11.9 Å². The van der Waals surface area contributed by atoms with Gasteiger partial charge in [0.05, 0.1) is 23.3 Å². The number of amides is 3. The van der Waals surface area contributed by atoms with Gasteiger partial charge in [-0.3, -0.25) is 19.3 Å². The lowest BCUT2D eigenvalue weighted by Gasteiger charge is -2.27. The number of anilines is 1. The molecule has 1 N–H and O–H groups in total. The molecule has 1 aliphatic carbocycles. The summed E-state index contributed by atoms with van der Waals surface area (Å²) in [6.45, 7) is 4.68. The summed E-state index contributed by atoms with van der Waals surface area (Å²) in [7, 11) is 0. The molecule has 36 heavy (non-hydrogen) atoms. The van der Waals surface area contributed by atoms with Gasteiger partial charge in [0.2, 0.25) is 0 Å². The van der Waals surface area contributed by atoms with Crippen LogP contribution in [-0.4, -0.2) is 53.8 Å². The summed E-state index contributed by atoms with van der Waals surface area (Å²) >= 11 is 1.33. The second-order valence-electron chi connectivity index (χ2n) is 9.01. The molecule has 0 fully saturated rings. The van der Waals surface area contributed by atoms with E-state index in [-0.39, 0.29) is 17.7 Å². The quantitative estimate of drug-likeness (QED) is 0.424. The van der Waals surface area contributed by atoms with E-state index in [2.05, 4.69) is 5.32 Å². The number of nitrogens with one attached hydrogen (secondary N) is 1. The van der Waals surface area contributed by atoms with Crippen LogP contribution >= 0.6 is 11.3 Å². The summed E-state index contributed by atoms with van der Waals surface area (Å²) in [6.07, 6.45) is 3.53. The van der Waals surface area contributed by atoms with Gasteiger partial charge in [-0.05, 0) is 56.2 Å². The third-order valence-electron chi connectivity index (χ3n) is 6.23. The maximum atomic E-state index is 13.0. The third-order valence-corrected chi connectivity index (χ3v) is 7.43. The molecular formula is C26H28N2O7S. The predicted octanol–water partition coefficient (Wildman–Crippen LogP) is 3.61. The lowest BCUT2D eigenvalue weighted by molar-refractivity contribution is -0.152. The van der Waals surface area contributed by atoms with Crippen molar-refractivity contribution in [2.45, 2.75) is 52.5 Å². The molecule has 0 saturated heterocycles. The Hall–Kier alpha value is -3.53. The number of hydrogen-bond donors (Lipinski definition) is 1. The highest BCUT2D eigenvalue weighted by atomic mass is 32.1. The third kappa shape index (κ3) is 4.77. The second kappa shape index (κ2) is 10.6. The Morgan fingerprint density at radius 3 is 2.28 bits per heavy atom. The van der Waals surface area contributed by atoms with Crippen LogP contribution in [0.15, 0.2) is 24.3 Å². The molecule has 2 aliphatic rings. The molecule has 3 amide bonds. The molecule has 0 radical (unpaired) electrons. The van der Waals surface area contributed by atoms with Gasteiger partial charge in [-0.1, -0.05) is 26.0 Å². The molecule has 190 valence electrons. The topological polar surface area (TPSA) is 119 Å². The van der Waals surface area contributed by atoms with Gasteiger partial charge in [0.25, 0.3) is 17.7 Å². The Balaban J connectivity index is 1.46. The summed E-state index contributed by atoms with van der Waals surface area (Å²) in [6, 6.07) is 5.18. The van der Waals surface area contributed by atoms with Crippen molar-refractivity contribution in [3.63, 3.8) is 0 Å². The molecule has 0 spiro atoms. The van der Waals surface area contributed by atoms with E-state index >= 15 is 0 Å². The molecule has 1 aliphatic heterocycles. The van der Waals surface area contributed by atoms with E-state index in [0.29, 0.717) is 10.6 Å². The van der Waals surface area contributed by atoms with Crippen molar-refractivity contribution < 1.29 is 33.4 Å². The van der Waals surface area contributed by atoms with E-state index in [1.54, 1.807) is 32.9 Å². The zero-order chi connectivity index (χ0) is 26.0. The van der Waals surface area contributed by atoms with Crippen LogP contribution in [0.3, 0.4) is 0 Å². The van der Waals surface area contributed by atoms with Gasteiger partial charge in [0.1, 0.15) is 11.0 Å². The number of benzene rings is 1. The van der Waals surface area contributed by atoms with E-state index in [9.17, 15) is 24.0 Å². The molecule has 1 aromatic carbocycles. The molecule has 2 heterocycles. The minimum absolute atomic E-state index is 0.211. The van der Waals surface area contributed by atoms with E-state index < -0.39 is 48.2 Å². The number of imide groups is 1. The fourth-order valence-electron chi connectivity index (χ4n) is 4.59. The molecule has 4 rings (SSSR count). The van der Waals surface area contributed by atoms with Crippen LogP contribution in [0.5, 0.6) is 0 Å². The first-order valence-corrected chi connectivity index (χ1v) is 12.8. The van der Waals surface area contributed by atoms with Crippen LogP contribution in [0, 0.1) is 5.92 Å². The number of fused-ring (bicyclic) bond motifs is 2. The second-order valence-corrected chi connectivity index (χ2v) is 10.1. The van der Waals surface area contributed by atoms with Crippen molar-refractivity contribution >= 4 is 46.0 Å². The molecule has 9 nitrogen and oxygen atoms in total. The largest absolute Gasteiger partial charge is 0.462 e. The van der Waals surface area contributed by atoms with Crippen molar-refractivity contribution in [1.29, 1.82) is 0 Å². The van der Waals surface area contributed by atoms with E-state index in [1.165, 1.54) is 23.5 Å². The average molecular weight is 513 g/mol. The fourth-order valence-corrected chi connectivity index (χ4v) is 5.89. The SMILES string of the molecule is CCOC(=O)c1c(NC(=O)COC(=O)C(C(C)C)N2C(=O)c3ccccc3C2=O)sc2c1CCCC2. The van der Waals surface area contributed by atoms with Gasteiger partial charge in [0.15, 0.2) is 6.61 Å². The van der Waals surface area contributed by atoms with Crippen molar-refractivity contribution in [1.82, 2.24) is 4.90 Å². The van der Waals surface area contributed by atoms with Gasteiger partial charge in [0, 0.05) is 4.88 Å². The van der Waals surface area contributed by atoms with Gasteiger partial charge in [-0.2, -0.15) is 0 Å². The maximum absolute atomic E-state index is 13.0. The Bertz CT molecular complexity index is 1200. The molecule has 0 saturated carbocycles. The van der Waals surface area contributed by atoms with Crippen LogP contribution in [-0.2, 0) is 31.9 Å². The molecule has 10 heteroatoms. The summed E-state index contributed by atoms with van der Waals surface area (Å²) in [4.78, 5) is 65.9. The van der Waals surface area contributed by atoms with Crippen LogP contribution in [0.4, 0.5) is 5.00 Å². The summed E-state index contributed by atoms with van der Waals surface area (Å²) in [5, 5.41) is 3.06. The summed E-state index contributed by atoms with van der Waals surface area (Å²) < 4.78 is 10.4. The molecule has 1 atom stereocenters. The zero-order valence-corrected chi connectivity index (χ0v) is 21.2. The lowest BCUT2D eigenvalue weighted by atomic mass is 9.95. The van der Waals surface area contributed by atoms with Crippen LogP contribution in [0.25, 0.3) is 0 Å². The minimum atomic E-state index is -1.19. The van der Waals surface area contributed by atoms with Crippen LogP contribution in [0.1, 0.15) is 75.1 Å². The number of nitrogens with zero attached hydrogens (tertiary/aromatic N) is 1. The Labute approximate surface area is 212 Å². The van der Waals surface area contributed by atoms with Crippen molar-refractivity contribution in [3.05, 3.63) is 51.4 Å². The van der Waals surface area contributed by atoms with E-state index in [1.807, 2.05) is 0 Å². The number of rotatable bonds is 8. The highest BCUT2D eigenvalue weighted by Gasteiger charge is 2.44. The highest BCUT2D eigenvalue weighted by molar-refractivity contribution is 7.17. The Morgan fingerprint density at radius 1 is 1.03 bits per heavy atom. The first-order chi connectivity index (χ1) is 17.2. The number of thiophene rings is 1. The first-order valence-electron chi connectivity index (χ1n) is 12.0. The standard InChI is InChI=1S/C26H28N2O7S/c1-4-34-25(32)20-17-11-7-8-12-18(17)36-22(20)27-19(29)13-35-26(33)21(14(2)3)28-23(30)15-9-5-6-10-16(15)24(28)31/h5-6,9-10,14,21H,4,7-8,11-13H2,1-3H3,(H,27,29). The maximum Gasteiger partial charge on any atom is 0.341 e. The number of esters is 2. The first kappa shape index (κ1) is 25.6. The average Bonchev–Trinajstić information content (AvgIpc) is 3.33. The predicted molar refractivity (Wildman–Crippen MR) is 132 cm³/mol. The Kier molecular flexibility index (Phi) is 7.53. The summed E-state index contributed by atoms with van der Waals surface area (Å²) in [5.41, 5.74) is 1.73. The van der Waals surface area contributed by atoms with Gasteiger partial charge < -0.3 is 14.8 Å². The minimum Gasteiger partial charge on any atom is -0.462 e. The van der Waals surface area contributed by atoms with E-state index in [0.717, 1.165) is 41.0 Å². The number of ether oxygens (including phenoxy) is 2. The molecule has 1 unspecified atom stereocenters. The van der Waals surface area contributed by atoms with Gasteiger partial charge in [-0.15, -0.1) is 11.3 Å². The number of aryl methyl sites for hydroxylation is 1. The molecule has 0 bridgehead atoms. The molecule has 2 aromatic rings. The highest BCUT2D eigenvalue weighted by Crippen LogP contribution is 2.38. The van der Waals surface area contributed by atoms with Crippen molar-refractivity contribution in [2.75, 3.05) is 18.5 Å². The number of carbonyl (C=O) groups is 5. The van der Waals surface area contributed by atoms with Crippen LogP contribution < -0.4 is 5.32 Å². The fraction of sp³-hybridized carbons (Fsp3) is 0.423. The monoisotopic (exact) mass is 512 g/mol. The van der Waals surface area contributed by atoms with E-state index in [4.69, 9.17) is 9.47 Å². The number of carbonyl (C=O) groups excluding carboxylic acids is 5. The molecule has 1 aromatic heterocycles. The Morgan fingerprint density at radius 2 is 1.67 bits per heavy atom.